The summed E-state index contributed by atoms with van der Waals surface area (Å²) >= 11 is 1.01. The molecule has 0 aliphatic rings. The van der Waals surface area contributed by atoms with Crippen LogP contribution in [0.3, 0.4) is 0 Å². The number of nitrogens with zero attached hydrogens (tertiary/aromatic N) is 5. The van der Waals surface area contributed by atoms with Crippen LogP contribution in [0.25, 0.3) is 11.4 Å². The minimum absolute atomic E-state index is 0.306. The molecule has 0 saturated carbocycles. The monoisotopic (exact) mass is 375 g/mol. The number of azo groups is 1. The van der Waals surface area contributed by atoms with Gasteiger partial charge in [-0.3, -0.25) is 4.99 Å². The zero-order chi connectivity index (χ0) is 18.7. The van der Waals surface area contributed by atoms with Crippen molar-refractivity contribution >= 4 is 34.8 Å². The summed E-state index contributed by atoms with van der Waals surface area (Å²) in [6.45, 7) is 5.33. The first-order chi connectivity index (χ1) is 12.4. The minimum Gasteiger partial charge on any atom is -0.265 e. The number of hydrogen-bond acceptors (Lipinski definition) is 6. The van der Waals surface area contributed by atoms with Gasteiger partial charge in [-0.15, -0.1) is 10.2 Å². The third-order valence-electron chi connectivity index (χ3n) is 3.49. The van der Waals surface area contributed by atoms with Crippen molar-refractivity contribution in [2.75, 3.05) is 0 Å². The second-order valence-corrected chi connectivity index (χ2v) is 6.03. The van der Waals surface area contributed by atoms with Gasteiger partial charge in [0.2, 0.25) is 5.13 Å². The van der Waals surface area contributed by atoms with Crippen molar-refractivity contribution in [1.29, 1.82) is 0 Å². The zero-order valence-electron chi connectivity index (χ0n) is 13.5. The molecule has 0 atom stereocenters. The summed E-state index contributed by atoms with van der Waals surface area (Å²) in [5.74, 6) is 0.306. The summed E-state index contributed by atoms with van der Waals surface area (Å²) in [6, 6.07) is 10.0. The lowest BCUT2D eigenvalue weighted by Gasteiger charge is -2.05. The van der Waals surface area contributed by atoms with E-state index >= 15 is 0 Å². The van der Waals surface area contributed by atoms with Crippen LogP contribution in [0.5, 0.6) is 0 Å². The standard InChI is InChI=1S/C17H12F3N5S/c1-10-9-13(21-2)7-8-14(10)23-24-16-22-15(25-26-16)11-3-5-12(6-4-11)17(18,19)20/h3-9H,2H2,1H3/b24-23+. The molecule has 0 unspecified atom stereocenters. The summed E-state index contributed by atoms with van der Waals surface area (Å²) in [6.07, 6.45) is -4.37. The van der Waals surface area contributed by atoms with Crippen molar-refractivity contribution in [3.05, 3.63) is 53.6 Å². The average molecular weight is 375 g/mol. The van der Waals surface area contributed by atoms with Crippen molar-refractivity contribution in [2.45, 2.75) is 13.1 Å². The summed E-state index contributed by atoms with van der Waals surface area (Å²) in [7, 11) is 0. The average Bonchev–Trinajstić information content (AvgIpc) is 3.09. The lowest BCUT2D eigenvalue weighted by molar-refractivity contribution is -0.137. The molecule has 3 rings (SSSR count). The molecule has 0 bridgehead atoms. The van der Waals surface area contributed by atoms with E-state index in [-0.39, 0.29) is 0 Å². The zero-order valence-corrected chi connectivity index (χ0v) is 14.3. The number of alkyl halides is 3. The molecule has 0 aliphatic carbocycles. The van der Waals surface area contributed by atoms with Crippen molar-refractivity contribution in [3.63, 3.8) is 0 Å². The molecule has 0 amide bonds. The first-order valence-corrected chi connectivity index (χ1v) is 8.14. The third kappa shape index (κ3) is 3.99. The number of aromatic nitrogens is 2. The van der Waals surface area contributed by atoms with E-state index in [1.54, 1.807) is 12.1 Å². The normalized spacial score (nSPS) is 11.8. The van der Waals surface area contributed by atoms with Crippen LogP contribution < -0.4 is 0 Å². The Morgan fingerprint density at radius 3 is 2.38 bits per heavy atom. The van der Waals surface area contributed by atoms with Crippen LogP contribution in [0, 0.1) is 6.92 Å². The predicted molar refractivity (Wildman–Crippen MR) is 94.9 cm³/mol. The number of benzene rings is 2. The van der Waals surface area contributed by atoms with Crippen molar-refractivity contribution in [1.82, 2.24) is 9.36 Å². The Bertz CT molecular complexity index is 961. The summed E-state index contributed by atoms with van der Waals surface area (Å²) < 4.78 is 41.9. The fourth-order valence-corrected chi connectivity index (χ4v) is 2.65. The van der Waals surface area contributed by atoms with Crippen LogP contribution in [-0.4, -0.2) is 16.1 Å². The van der Waals surface area contributed by atoms with E-state index in [9.17, 15) is 13.2 Å². The van der Waals surface area contributed by atoms with Gasteiger partial charge in [0.1, 0.15) is 0 Å². The minimum atomic E-state index is -4.37. The SMILES string of the molecule is C=Nc1ccc(/N=N/c2nc(-c3ccc(C(F)(F)F)cc3)ns2)c(C)c1. The third-order valence-corrected chi connectivity index (χ3v) is 4.09. The molecule has 5 nitrogen and oxygen atoms in total. The first-order valence-electron chi connectivity index (χ1n) is 7.37. The van der Waals surface area contributed by atoms with Crippen LogP contribution in [0.2, 0.25) is 0 Å². The Kier molecular flexibility index (Phi) is 4.90. The van der Waals surface area contributed by atoms with E-state index in [1.165, 1.54) is 12.1 Å². The molecule has 3 aromatic rings. The Morgan fingerprint density at radius 2 is 1.77 bits per heavy atom. The lowest BCUT2D eigenvalue weighted by Crippen LogP contribution is -2.04. The molecule has 0 saturated heterocycles. The molecular formula is C17H12F3N5S. The Hall–Kier alpha value is -2.94. The summed E-state index contributed by atoms with van der Waals surface area (Å²) in [5, 5.41) is 8.48. The fourth-order valence-electron chi connectivity index (χ4n) is 2.13. The van der Waals surface area contributed by atoms with E-state index < -0.39 is 11.7 Å². The van der Waals surface area contributed by atoms with Gasteiger partial charge in [-0.25, -0.2) is 0 Å². The van der Waals surface area contributed by atoms with Crippen LogP contribution >= 0.6 is 11.5 Å². The summed E-state index contributed by atoms with van der Waals surface area (Å²) in [4.78, 5) is 8.02. The largest absolute Gasteiger partial charge is 0.416 e. The Balaban J connectivity index is 1.79. The van der Waals surface area contributed by atoms with Gasteiger partial charge < -0.3 is 0 Å². The first kappa shape index (κ1) is 17.9. The molecule has 26 heavy (non-hydrogen) atoms. The fraction of sp³-hybridized carbons (Fsp3) is 0.118. The van der Waals surface area contributed by atoms with Gasteiger partial charge in [-0.05, 0) is 49.5 Å². The quantitative estimate of drug-likeness (QED) is 0.398. The van der Waals surface area contributed by atoms with Gasteiger partial charge in [0, 0.05) is 17.1 Å². The second-order valence-electron chi connectivity index (χ2n) is 5.30. The van der Waals surface area contributed by atoms with Gasteiger partial charge in [0.05, 0.1) is 16.9 Å². The molecular weight excluding hydrogens is 363 g/mol. The highest BCUT2D eigenvalue weighted by Gasteiger charge is 2.30. The van der Waals surface area contributed by atoms with Gasteiger partial charge in [-0.2, -0.15) is 22.5 Å². The van der Waals surface area contributed by atoms with Crippen molar-refractivity contribution in [3.8, 4) is 11.4 Å². The number of aryl methyl sites for hydroxylation is 1. The van der Waals surface area contributed by atoms with Crippen LogP contribution in [0.15, 0.2) is 57.7 Å². The highest BCUT2D eigenvalue weighted by atomic mass is 32.1. The molecule has 0 radical (unpaired) electrons. The highest BCUT2D eigenvalue weighted by Crippen LogP contribution is 2.32. The molecule has 9 heteroatoms. The van der Waals surface area contributed by atoms with Crippen LogP contribution in [0.4, 0.5) is 29.7 Å². The van der Waals surface area contributed by atoms with E-state index in [2.05, 4.69) is 31.3 Å². The van der Waals surface area contributed by atoms with E-state index in [1.807, 2.05) is 13.0 Å². The number of rotatable bonds is 4. The molecule has 0 spiro atoms. The highest BCUT2D eigenvalue weighted by molar-refractivity contribution is 7.09. The van der Waals surface area contributed by atoms with E-state index in [4.69, 9.17) is 0 Å². The predicted octanol–water partition coefficient (Wildman–Crippen LogP) is 6.28. The molecule has 1 aromatic heterocycles. The topological polar surface area (TPSA) is 62.9 Å². The maximum atomic E-state index is 12.6. The number of halogens is 3. The van der Waals surface area contributed by atoms with Crippen molar-refractivity contribution in [2.24, 2.45) is 15.2 Å². The van der Waals surface area contributed by atoms with E-state index in [0.717, 1.165) is 34.9 Å². The lowest BCUT2D eigenvalue weighted by atomic mass is 10.1. The molecule has 0 fully saturated rings. The molecule has 0 aliphatic heterocycles. The molecule has 0 N–H and O–H groups in total. The second kappa shape index (κ2) is 7.12. The van der Waals surface area contributed by atoms with E-state index in [0.29, 0.717) is 22.2 Å². The van der Waals surface area contributed by atoms with Crippen LogP contribution in [0.1, 0.15) is 11.1 Å². The maximum Gasteiger partial charge on any atom is 0.416 e. The van der Waals surface area contributed by atoms with Gasteiger partial charge in [-0.1, -0.05) is 12.1 Å². The Labute approximate surface area is 151 Å². The Morgan fingerprint density at radius 1 is 1.04 bits per heavy atom. The van der Waals surface area contributed by atoms with Crippen molar-refractivity contribution < 1.29 is 13.2 Å². The molecule has 1 heterocycles. The van der Waals surface area contributed by atoms with Crippen LogP contribution in [-0.2, 0) is 6.18 Å². The van der Waals surface area contributed by atoms with Gasteiger partial charge in [0.15, 0.2) is 5.82 Å². The smallest absolute Gasteiger partial charge is 0.265 e. The maximum absolute atomic E-state index is 12.6. The van der Waals surface area contributed by atoms with Gasteiger partial charge >= 0.3 is 6.18 Å². The summed E-state index contributed by atoms with van der Waals surface area (Å²) in [5.41, 5.74) is 2.04. The van der Waals surface area contributed by atoms with Gasteiger partial charge in [0.25, 0.3) is 0 Å². The molecule has 2 aromatic carbocycles. The number of hydrogen-bond donors (Lipinski definition) is 0. The number of aliphatic imine (C=N–C) groups is 1. The molecule has 132 valence electrons.